The second kappa shape index (κ2) is 15.4. The van der Waals surface area contributed by atoms with E-state index in [-0.39, 0.29) is 13.2 Å². The number of ether oxygens (including phenoxy) is 4. The summed E-state index contributed by atoms with van der Waals surface area (Å²) in [6, 6.07) is 53.3. The summed E-state index contributed by atoms with van der Waals surface area (Å²) in [6.45, 7) is 0.290. The molecule has 0 unspecified atom stereocenters. The molecule has 0 saturated heterocycles. The molecule has 0 heterocycles. The van der Waals surface area contributed by atoms with Gasteiger partial charge in [0.25, 0.3) is 0 Å². The highest BCUT2D eigenvalue weighted by molar-refractivity contribution is 6.23. The van der Waals surface area contributed by atoms with Crippen molar-refractivity contribution in [3.8, 4) is 23.3 Å². The highest BCUT2D eigenvalue weighted by atomic mass is 16.6. The first kappa shape index (κ1) is 34.9. The number of aliphatic hydroxyl groups is 1. The van der Waals surface area contributed by atoms with Gasteiger partial charge in [-0.25, -0.2) is 0 Å². The Morgan fingerprint density at radius 2 is 1.13 bits per heavy atom. The number of benzene rings is 8. The summed E-state index contributed by atoms with van der Waals surface area (Å²) in [5, 5.41) is 18.1. The summed E-state index contributed by atoms with van der Waals surface area (Å²) in [5.41, 5.74) is 4.56. The van der Waals surface area contributed by atoms with Crippen LogP contribution in [0.5, 0.6) is 11.5 Å². The number of hydrogen-bond donors (Lipinski definition) is 1. The van der Waals surface area contributed by atoms with Crippen molar-refractivity contribution < 1.29 is 24.1 Å². The van der Waals surface area contributed by atoms with Crippen LogP contribution >= 0.6 is 0 Å². The van der Waals surface area contributed by atoms with Crippen LogP contribution in [0.15, 0.2) is 158 Å². The van der Waals surface area contributed by atoms with Gasteiger partial charge in [-0.15, -0.1) is 0 Å². The second-order valence-corrected chi connectivity index (χ2v) is 13.4. The smallest absolute Gasteiger partial charge is 0.144 e. The molecule has 1 N–H and O–H groups in total. The van der Waals surface area contributed by atoms with Crippen molar-refractivity contribution in [2.75, 3.05) is 27.4 Å². The van der Waals surface area contributed by atoms with E-state index in [2.05, 4.69) is 66.4 Å². The summed E-state index contributed by atoms with van der Waals surface area (Å²) in [6.07, 6.45) is -0.648. The highest BCUT2D eigenvalue weighted by Gasteiger charge is 2.40. The molecule has 54 heavy (non-hydrogen) atoms. The van der Waals surface area contributed by atoms with Gasteiger partial charge >= 0.3 is 0 Å². The molecule has 0 aliphatic rings. The molecule has 0 fully saturated rings. The Bertz CT molecular complexity index is 2490. The Labute approximate surface area is 315 Å². The molecule has 0 saturated carbocycles. The SMILES string of the molecule is COc1ccc(C(O[C@@H](CO)COCc2ccc(C#Cc3ccc4ccc5cccc6ccc3c4c56)cc2)(c2ccccc2)c2ccc(OC)cc2)cc1. The molecular weight excluding hydrogens is 669 g/mol. The molecule has 0 spiro atoms. The van der Waals surface area contributed by atoms with E-state index in [9.17, 15) is 5.11 Å². The van der Waals surface area contributed by atoms with Crippen LogP contribution in [0, 0.1) is 11.8 Å². The van der Waals surface area contributed by atoms with E-state index < -0.39 is 11.7 Å². The van der Waals surface area contributed by atoms with E-state index in [1.54, 1.807) is 14.2 Å². The van der Waals surface area contributed by atoms with Crippen LogP contribution in [0.2, 0.25) is 0 Å². The first-order valence-corrected chi connectivity index (χ1v) is 18.1. The lowest BCUT2D eigenvalue weighted by Crippen LogP contribution is -2.40. The van der Waals surface area contributed by atoms with Crippen molar-refractivity contribution in [2.24, 2.45) is 0 Å². The molecule has 0 aliphatic carbocycles. The Morgan fingerprint density at radius 1 is 0.556 bits per heavy atom. The summed E-state index contributed by atoms with van der Waals surface area (Å²) in [4.78, 5) is 0. The molecule has 8 aromatic carbocycles. The quantitative estimate of drug-likeness (QED) is 0.0778. The van der Waals surface area contributed by atoms with Gasteiger partial charge in [-0.1, -0.05) is 127 Å². The molecule has 8 aromatic rings. The van der Waals surface area contributed by atoms with E-state index >= 15 is 0 Å². The van der Waals surface area contributed by atoms with Crippen LogP contribution in [0.4, 0.5) is 0 Å². The van der Waals surface area contributed by atoms with Crippen molar-refractivity contribution in [3.05, 3.63) is 191 Å². The number of methoxy groups -OCH3 is 2. The van der Waals surface area contributed by atoms with Gasteiger partial charge in [0.05, 0.1) is 34.0 Å². The topological polar surface area (TPSA) is 57.2 Å². The van der Waals surface area contributed by atoms with Crippen LogP contribution in [-0.2, 0) is 21.7 Å². The monoisotopic (exact) mass is 708 g/mol. The minimum atomic E-state index is -1.06. The average molecular weight is 709 g/mol. The standard InChI is InChI=1S/C49H40O5/c1-51-43-26-22-41(23-27-43)49(40-9-4-3-5-10-40,42-24-28-44(52-2)29-25-42)54-45(31-50)33-53-32-35-13-11-34(12-14-35)15-16-36-17-18-39-20-19-37-7-6-8-38-21-30-46(36)48(39)47(37)38/h3-14,17-30,45,50H,31-33H2,1-2H3/t45-/m0/s1. The predicted molar refractivity (Wildman–Crippen MR) is 216 cm³/mol. The first-order valence-electron chi connectivity index (χ1n) is 18.1. The van der Waals surface area contributed by atoms with Crippen molar-refractivity contribution in [1.29, 1.82) is 0 Å². The molecule has 0 bridgehead atoms. The zero-order valence-electron chi connectivity index (χ0n) is 30.3. The summed E-state index contributed by atoms with van der Waals surface area (Å²) in [7, 11) is 3.29. The lowest BCUT2D eigenvalue weighted by Gasteiger charge is -2.38. The lowest BCUT2D eigenvalue weighted by molar-refractivity contribution is -0.104. The van der Waals surface area contributed by atoms with Gasteiger partial charge < -0.3 is 24.1 Å². The summed E-state index contributed by atoms with van der Waals surface area (Å²) in [5.74, 6) is 8.28. The van der Waals surface area contributed by atoms with Crippen molar-refractivity contribution in [1.82, 2.24) is 0 Å². The lowest BCUT2D eigenvalue weighted by atomic mass is 9.79. The van der Waals surface area contributed by atoms with Crippen LogP contribution < -0.4 is 9.47 Å². The molecule has 5 heteroatoms. The molecule has 5 nitrogen and oxygen atoms in total. The van der Waals surface area contributed by atoms with Gasteiger partial charge in [0.2, 0.25) is 0 Å². The normalized spacial score (nSPS) is 12.1. The van der Waals surface area contributed by atoms with Gasteiger partial charge in [0.15, 0.2) is 0 Å². The van der Waals surface area contributed by atoms with Gasteiger partial charge in [0, 0.05) is 11.1 Å². The molecule has 266 valence electrons. The largest absolute Gasteiger partial charge is 0.497 e. The zero-order chi connectivity index (χ0) is 36.9. The number of rotatable bonds is 12. The first-order chi connectivity index (χ1) is 26.6. The highest BCUT2D eigenvalue weighted by Crippen LogP contribution is 2.43. The number of hydrogen-bond acceptors (Lipinski definition) is 5. The fourth-order valence-corrected chi connectivity index (χ4v) is 7.38. The van der Waals surface area contributed by atoms with Crippen LogP contribution in [-0.4, -0.2) is 38.6 Å². The van der Waals surface area contributed by atoms with E-state index in [0.29, 0.717) is 6.61 Å². The van der Waals surface area contributed by atoms with Crippen molar-refractivity contribution in [3.63, 3.8) is 0 Å². The maximum absolute atomic E-state index is 10.7. The Balaban J connectivity index is 1.01. The average Bonchev–Trinajstić information content (AvgIpc) is 3.24. The zero-order valence-corrected chi connectivity index (χ0v) is 30.3. The third kappa shape index (κ3) is 6.75. The minimum absolute atomic E-state index is 0.174. The van der Waals surface area contributed by atoms with Gasteiger partial charge in [0.1, 0.15) is 23.2 Å². The van der Waals surface area contributed by atoms with Crippen molar-refractivity contribution >= 4 is 32.3 Å². The second-order valence-electron chi connectivity index (χ2n) is 13.4. The van der Waals surface area contributed by atoms with Crippen LogP contribution in [0.1, 0.15) is 33.4 Å². The molecule has 1 atom stereocenters. The third-order valence-corrected chi connectivity index (χ3v) is 10.1. The van der Waals surface area contributed by atoms with E-state index in [1.165, 1.54) is 32.3 Å². The molecule has 0 radical (unpaired) electrons. The maximum Gasteiger partial charge on any atom is 0.144 e. The fraction of sp³-hybridized carbons (Fsp3) is 0.143. The molecule has 8 rings (SSSR count). The molecule has 0 aromatic heterocycles. The molecular formula is C49H40O5. The van der Waals surface area contributed by atoms with E-state index in [1.807, 2.05) is 103 Å². The maximum atomic E-state index is 10.7. The molecule has 0 amide bonds. The minimum Gasteiger partial charge on any atom is -0.497 e. The van der Waals surface area contributed by atoms with Gasteiger partial charge in [-0.05, 0) is 97.0 Å². The van der Waals surface area contributed by atoms with Crippen LogP contribution in [0.25, 0.3) is 32.3 Å². The summed E-state index contributed by atoms with van der Waals surface area (Å²) < 4.78 is 24.2. The fourth-order valence-electron chi connectivity index (χ4n) is 7.38. The Kier molecular flexibility index (Phi) is 9.98. The summed E-state index contributed by atoms with van der Waals surface area (Å²) >= 11 is 0. The van der Waals surface area contributed by atoms with Gasteiger partial charge in [-0.2, -0.15) is 0 Å². The number of aliphatic hydroxyl groups excluding tert-OH is 1. The predicted octanol–water partition coefficient (Wildman–Crippen LogP) is 9.89. The third-order valence-electron chi connectivity index (χ3n) is 10.1. The Morgan fingerprint density at radius 3 is 1.74 bits per heavy atom. The van der Waals surface area contributed by atoms with E-state index in [0.717, 1.165) is 44.9 Å². The van der Waals surface area contributed by atoms with Crippen molar-refractivity contribution in [2.45, 2.75) is 18.3 Å². The van der Waals surface area contributed by atoms with E-state index in [4.69, 9.17) is 18.9 Å². The Hall–Kier alpha value is -6.16. The van der Waals surface area contributed by atoms with Gasteiger partial charge in [-0.3, -0.25) is 0 Å². The molecule has 0 aliphatic heterocycles. The van der Waals surface area contributed by atoms with Crippen LogP contribution in [0.3, 0.4) is 0 Å².